The van der Waals surface area contributed by atoms with Gasteiger partial charge in [0.25, 0.3) is 0 Å². The maximum absolute atomic E-state index is 4.66. The summed E-state index contributed by atoms with van der Waals surface area (Å²) in [5, 5.41) is 6.48. The van der Waals surface area contributed by atoms with Crippen molar-refractivity contribution in [2.75, 3.05) is 6.54 Å². The average molecular weight is 307 g/mol. The molecule has 0 spiro atoms. The van der Waals surface area contributed by atoms with Crippen LogP contribution in [0.5, 0.6) is 0 Å². The molecular weight excluding hydrogens is 290 g/mol. The molecule has 0 amide bonds. The molecule has 1 N–H and O–H groups in total. The van der Waals surface area contributed by atoms with Gasteiger partial charge in [-0.3, -0.25) is 4.98 Å². The molecule has 110 valence electrons. The molecule has 0 saturated carbocycles. The van der Waals surface area contributed by atoms with Crippen LogP contribution in [0.1, 0.15) is 11.3 Å². The van der Waals surface area contributed by atoms with Crippen molar-refractivity contribution in [2.45, 2.75) is 6.42 Å². The Morgan fingerprint density at radius 3 is 2.77 bits per heavy atom. The molecule has 0 saturated heterocycles. The highest BCUT2D eigenvalue weighted by molar-refractivity contribution is 7.13. The van der Waals surface area contributed by atoms with E-state index in [1.807, 2.05) is 36.5 Å². The Labute approximate surface area is 134 Å². The summed E-state index contributed by atoms with van der Waals surface area (Å²) < 4.78 is 0. The second kappa shape index (κ2) is 7.00. The Kier molecular flexibility index (Phi) is 4.61. The lowest BCUT2D eigenvalue weighted by Gasteiger charge is -2.08. The summed E-state index contributed by atoms with van der Waals surface area (Å²) >= 11 is 1.66. The van der Waals surface area contributed by atoms with Crippen molar-refractivity contribution in [2.24, 2.45) is 0 Å². The summed E-state index contributed by atoms with van der Waals surface area (Å²) in [7, 11) is 0. The number of thiazole rings is 1. The highest BCUT2D eigenvalue weighted by atomic mass is 32.1. The van der Waals surface area contributed by atoms with Gasteiger partial charge in [-0.25, -0.2) is 4.98 Å². The molecule has 0 radical (unpaired) electrons. The first kappa shape index (κ1) is 14.5. The van der Waals surface area contributed by atoms with Crippen LogP contribution in [0.4, 0.5) is 0 Å². The van der Waals surface area contributed by atoms with E-state index in [1.54, 1.807) is 17.5 Å². The van der Waals surface area contributed by atoms with Gasteiger partial charge in [0.05, 0.1) is 5.69 Å². The van der Waals surface area contributed by atoms with Gasteiger partial charge >= 0.3 is 0 Å². The number of pyridine rings is 1. The van der Waals surface area contributed by atoms with Crippen LogP contribution in [0.3, 0.4) is 0 Å². The van der Waals surface area contributed by atoms with E-state index in [-0.39, 0.29) is 0 Å². The molecule has 22 heavy (non-hydrogen) atoms. The number of nitrogens with zero attached hydrogens (tertiary/aromatic N) is 2. The van der Waals surface area contributed by atoms with Gasteiger partial charge in [-0.15, -0.1) is 11.3 Å². The minimum atomic E-state index is 0.823. The van der Waals surface area contributed by atoms with Crippen molar-refractivity contribution < 1.29 is 0 Å². The smallest absolute Gasteiger partial charge is 0.125 e. The van der Waals surface area contributed by atoms with E-state index >= 15 is 0 Å². The number of benzene rings is 1. The molecule has 0 unspecified atom stereocenters. The Balaban J connectivity index is 1.55. The predicted octanol–water partition coefficient (Wildman–Crippen LogP) is 4.01. The van der Waals surface area contributed by atoms with Crippen molar-refractivity contribution in [1.29, 1.82) is 0 Å². The summed E-state index contributed by atoms with van der Waals surface area (Å²) in [5.74, 6) is 0. The first-order valence-electron chi connectivity index (χ1n) is 7.16. The topological polar surface area (TPSA) is 37.8 Å². The molecule has 4 heteroatoms. The van der Waals surface area contributed by atoms with Crippen molar-refractivity contribution >= 4 is 17.0 Å². The van der Waals surface area contributed by atoms with E-state index in [0.717, 1.165) is 40.5 Å². The van der Waals surface area contributed by atoms with Crippen molar-refractivity contribution in [3.8, 4) is 10.6 Å². The fourth-order valence-corrected chi connectivity index (χ4v) is 2.97. The largest absolute Gasteiger partial charge is 0.385 e. The number of hydrogen-bond donors (Lipinski definition) is 1. The van der Waals surface area contributed by atoms with Crippen LogP contribution in [0, 0.1) is 0 Å². The van der Waals surface area contributed by atoms with Crippen LogP contribution in [-0.4, -0.2) is 16.5 Å². The molecule has 3 rings (SSSR count). The highest BCUT2D eigenvalue weighted by Crippen LogP contribution is 2.22. The quantitative estimate of drug-likeness (QED) is 0.748. The van der Waals surface area contributed by atoms with E-state index in [0.29, 0.717) is 0 Å². The summed E-state index contributed by atoms with van der Waals surface area (Å²) in [6.45, 7) is 4.90. The Hall–Kier alpha value is -2.46. The molecule has 0 aliphatic carbocycles. The van der Waals surface area contributed by atoms with Gasteiger partial charge in [0.15, 0.2) is 0 Å². The molecule has 3 aromatic rings. The number of hydrogen-bond acceptors (Lipinski definition) is 4. The maximum atomic E-state index is 4.66. The SMILES string of the molecule is C=C(NCCc1csc(-c2cccnc2)n1)c1ccccc1. The molecule has 0 aliphatic rings. The Bertz CT molecular complexity index is 735. The second-order valence-corrected chi connectivity index (χ2v) is 5.77. The summed E-state index contributed by atoms with van der Waals surface area (Å²) in [5.41, 5.74) is 4.23. The van der Waals surface area contributed by atoms with E-state index in [4.69, 9.17) is 0 Å². The normalized spacial score (nSPS) is 10.4. The monoisotopic (exact) mass is 307 g/mol. The minimum absolute atomic E-state index is 0.823. The van der Waals surface area contributed by atoms with Gasteiger partial charge in [0.1, 0.15) is 5.01 Å². The molecule has 0 bridgehead atoms. The average Bonchev–Trinajstić information content (AvgIpc) is 3.05. The van der Waals surface area contributed by atoms with Gasteiger partial charge in [-0.05, 0) is 17.7 Å². The van der Waals surface area contributed by atoms with E-state index in [1.165, 1.54) is 0 Å². The summed E-state index contributed by atoms with van der Waals surface area (Å²) in [6.07, 6.45) is 4.50. The van der Waals surface area contributed by atoms with Gasteiger partial charge < -0.3 is 5.32 Å². The van der Waals surface area contributed by atoms with E-state index < -0.39 is 0 Å². The standard InChI is InChI=1S/C18H17N3S/c1-14(15-6-3-2-4-7-15)20-11-9-17-13-22-18(21-17)16-8-5-10-19-12-16/h2-8,10,12-13,20H,1,9,11H2. The molecular formula is C18H17N3S. The van der Waals surface area contributed by atoms with Crippen LogP contribution in [0.2, 0.25) is 0 Å². The van der Waals surface area contributed by atoms with Crippen LogP contribution in [-0.2, 0) is 6.42 Å². The minimum Gasteiger partial charge on any atom is -0.385 e. The fraction of sp³-hybridized carbons (Fsp3) is 0.111. The number of nitrogens with one attached hydrogen (secondary N) is 1. The van der Waals surface area contributed by atoms with Crippen molar-refractivity contribution in [3.63, 3.8) is 0 Å². The second-order valence-electron chi connectivity index (χ2n) is 4.91. The molecule has 2 aromatic heterocycles. The Morgan fingerprint density at radius 2 is 2.00 bits per heavy atom. The molecule has 1 aromatic carbocycles. The molecule has 2 heterocycles. The fourth-order valence-electron chi connectivity index (χ4n) is 2.13. The lowest BCUT2D eigenvalue weighted by Crippen LogP contribution is -2.15. The van der Waals surface area contributed by atoms with E-state index in [2.05, 4.69) is 39.4 Å². The van der Waals surface area contributed by atoms with Gasteiger partial charge in [0.2, 0.25) is 0 Å². The van der Waals surface area contributed by atoms with Crippen LogP contribution in [0.15, 0.2) is 66.8 Å². The third kappa shape index (κ3) is 3.59. The van der Waals surface area contributed by atoms with E-state index in [9.17, 15) is 0 Å². The van der Waals surface area contributed by atoms with Crippen molar-refractivity contribution in [1.82, 2.24) is 15.3 Å². The first-order chi connectivity index (χ1) is 10.8. The highest BCUT2D eigenvalue weighted by Gasteiger charge is 2.05. The van der Waals surface area contributed by atoms with Crippen molar-refractivity contribution in [3.05, 3.63) is 78.1 Å². The molecule has 0 fully saturated rings. The zero-order valence-electron chi connectivity index (χ0n) is 12.2. The molecule has 0 atom stereocenters. The van der Waals surface area contributed by atoms with Crippen LogP contribution in [0.25, 0.3) is 16.3 Å². The van der Waals surface area contributed by atoms with Crippen LogP contribution < -0.4 is 5.32 Å². The lowest BCUT2D eigenvalue weighted by atomic mass is 10.2. The maximum Gasteiger partial charge on any atom is 0.125 e. The van der Waals surface area contributed by atoms with Crippen LogP contribution >= 0.6 is 11.3 Å². The zero-order chi connectivity index (χ0) is 15.2. The summed E-state index contributed by atoms with van der Waals surface area (Å²) in [6, 6.07) is 14.1. The summed E-state index contributed by atoms with van der Waals surface area (Å²) in [4.78, 5) is 8.79. The van der Waals surface area contributed by atoms with Gasteiger partial charge in [-0.1, -0.05) is 36.9 Å². The molecule has 3 nitrogen and oxygen atoms in total. The number of aromatic nitrogens is 2. The first-order valence-corrected chi connectivity index (χ1v) is 8.04. The van der Waals surface area contributed by atoms with Gasteiger partial charge in [-0.2, -0.15) is 0 Å². The Morgan fingerprint density at radius 1 is 1.14 bits per heavy atom. The molecule has 0 aliphatic heterocycles. The zero-order valence-corrected chi connectivity index (χ0v) is 13.0. The number of rotatable bonds is 6. The predicted molar refractivity (Wildman–Crippen MR) is 92.5 cm³/mol. The third-order valence-electron chi connectivity index (χ3n) is 3.30. The third-order valence-corrected chi connectivity index (χ3v) is 4.24. The van der Waals surface area contributed by atoms with Gasteiger partial charge in [0, 0.05) is 42.0 Å². The lowest BCUT2D eigenvalue weighted by molar-refractivity contribution is 0.833.